The van der Waals surface area contributed by atoms with Crippen LogP contribution in [0.3, 0.4) is 0 Å². The lowest BCUT2D eigenvalue weighted by Gasteiger charge is -2.40. The zero-order valence-electron chi connectivity index (χ0n) is 8.41. The van der Waals surface area contributed by atoms with Crippen molar-refractivity contribution >= 4 is 0 Å². The second-order valence-electron chi connectivity index (χ2n) is 4.66. The molecule has 0 spiro atoms. The molecule has 0 aromatic carbocycles. The summed E-state index contributed by atoms with van der Waals surface area (Å²) in [5.74, 6) is 1.62. The number of aliphatic hydroxyl groups excluding tert-OH is 1. The molecule has 13 heavy (non-hydrogen) atoms. The average Bonchev–Trinajstić information content (AvgIpc) is 2.17. The van der Waals surface area contributed by atoms with Crippen molar-refractivity contribution in [2.24, 2.45) is 11.8 Å². The van der Waals surface area contributed by atoms with Crippen LogP contribution in [0.15, 0.2) is 0 Å². The maximum atomic E-state index is 9.54. The van der Waals surface area contributed by atoms with Gasteiger partial charge in [-0.15, -0.1) is 0 Å². The Hall–Kier alpha value is -0.0800. The monoisotopic (exact) mass is 184 g/mol. The fourth-order valence-electron chi connectivity index (χ4n) is 3.04. The molecule has 0 aromatic rings. The molecule has 76 valence electrons. The van der Waals surface area contributed by atoms with Crippen molar-refractivity contribution in [3.8, 4) is 0 Å². The van der Waals surface area contributed by atoms with Crippen molar-refractivity contribution in [3.63, 3.8) is 0 Å². The van der Waals surface area contributed by atoms with E-state index in [1.165, 1.54) is 25.7 Å². The first kappa shape index (κ1) is 9.47. The molecule has 0 aromatic heterocycles. The van der Waals surface area contributed by atoms with Crippen LogP contribution >= 0.6 is 0 Å². The molecular formula is C11H20O2. The Balaban J connectivity index is 1.90. The molecule has 2 aliphatic rings. The molecule has 2 saturated carbocycles. The van der Waals surface area contributed by atoms with Crippen LogP contribution in [0.5, 0.6) is 0 Å². The molecule has 2 heteroatoms. The molecule has 0 saturated heterocycles. The Kier molecular flexibility index (Phi) is 2.89. The number of hydrogen-bond acceptors (Lipinski definition) is 2. The van der Waals surface area contributed by atoms with E-state index in [-0.39, 0.29) is 6.10 Å². The summed E-state index contributed by atoms with van der Waals surface area (Å²) in [5.41, 5.74) is 0. The maximum absolute atomic E-state index is 9.54. The Morgan fingerprint density at radius 3 is 2.46 bits per heavy atom. The van der Waals surface area contributed by atoms with E-state index in [0.717, 1.165) is 24.7 Å². The highest BCUT2D eigenvalue weighted by Crippen LogP contribution is 2.41. The molecule has 2 unspecified atom stereocenters. The first-order chi connectivity index (χ1) is 6.29. The molecule has 0 heterocycles. The van der Waals surface area contributed by atoms with Gasteiger partial charge >= 0.3 is 0 Å². The summed E-state index contributed by atoms with van der Waals surface area (Å²) in [7, 11) is 1.82. The number of hydrogen-bond donors (Lipinski definition) is 1. The number of aliphatic hydroxyl groups is 1. The summed E-state index contributed by atoms with van der Waals surface area (Å²) in [6.45, 7) is 0. The second-order valence-corrected chi connectivity index (χ2v) is 4.66. The summed E-state index contributed by atoms with van der Waals surface area (Å²) in [5, 5.41) is 9.54. The van der Waals surface area contributed by atoms with Crippen molar-refractivity contribution in [1.29, 1.82) is 0 Å². The summed E-state index contributed by atoms with van der Waals surface area (Å²) in [6.07, 6.45) is 7.44. The molecule has 0 amide bonds. The van der Waals surface area contributed by atoms with Gasteiger partial charge in [0.25, 0.3) is 0 Å². The molecule has 0 aliphatic heterocycles. The molecule has 2 rings (SSSR count). The molecule has 2 fully saturated rings. The first-order valence-electron chi connectivity index (χ1n) is 5.50. The van der Waals surface area contributed by atoms with Crippen LogP contribution < -0.4 is 0 Å². The number of methoxy groups -OCH3 is 1. The van der Waals surface area contributed by atoms with Crippen LogP contribution in [0.25, 0.3) is 0 Å². The topological polar surface area (TPSA) is 29.5 Å². The van der Waals surface area contributed by atoms with Gasteiger partial charge in [0.2, 0.25) is 0 Å². The quantitative estimate of drug-likeness (QED) is 0.675. The van der Waals surface area contributed by atoms with E-state index >= 15 is 0 Å². The van der Waals surface area contributed by atoms with Crippen molar-refractivity contribution in [3.05, 3.63) is 0 Å². The minimum atomic E-state index is -0.0136. The molecule has 2 aliphatic carbocycles. The van der Waals surface area contributed by atoms with Gasteiger partial charge in [0, 0.05) is 7.11 Å². The number of rotatable bonds is 1. The normalized spacial score (nSPS) is 45.7. The third kappa shape index (κ3) is 2.05. The summed E-state index contributed by atoms with van der Waals surface area (Å²) in [4.78, 5) is 0. The van der Waals surface area contributed by atoms with E-state index in [2.05, 4.69) is 0 Å². The highest BCUT2D eigenvalue weighted by atomic mass is 16.5. The van der Waals surface area contributed by atoms with E-state index < -0.39 is 0 Å². The highest BCUT2D eigenvalue weighted by Gasteiger charge is 2.34. The van der Waals surface area contributed by atoms with Gasteiger partial charge in [-0.1, -0.05) is 0 Å². The van der Waals surface area contributed by atoms with Gasteiger partial charge in [0.05, 0.1) is 12.2 Å². The van der Waals surface area contributed by atoms with Gasteiger partial charge in [-0.25, -0.2) is 0 Å². The van der Waals surface area contributed by atoms with Crippen LogP contribution in [-0.4, -0.2) is 24.4 Å². The molecule has 2 nitrogen and oxygen atoms in total. The van der Waals surface area contributed by atoms with Crippen molar-refractivity contribution in [2.45, 2.75) is 50.7 Å². The highest BCUT2D eigenvalue weighted by molar-refractivity contribution is 4.86. The zero-order chi connectivity index (χ0) is 9.26. The lowest BCUT2D eigenvalue weighted by molar-refractivity contribution is -0.0132. The second kappa shape index (κ2) is 3.97. The third-order valence-electron chi connectivity index (χ3n) is 3.87. The first-order valence-corrected chi connectivity index (χ1v) is 5.50. The van der Waals surface area contributed by atoms with E-state index in [1.807, 2.05) is 7.11 Å². The van der Waals surface area contributed by atoms with Gasteiger partial charge in [-0.2, -0.15) is 0 Å². The molecule has 4 atom stereocenters. The number of ether oxygens (including phenoxy) is 1. The Labute approximate surface area is 80.3 Å². The lowest BCUT2D eigenvalue weighted by Crippen LogP contribution is -2.35. The van der Waals surface area contributed by atoms with Gasteiger partial charge in [0.1, 0.15) is 0 Å². The van der Waals surface area contributed by atoms with Gasteiger partial charge < -0.3 is 9.84 Å². The summed E-state index contributed by atoms with van der Waals surface area (Å²) < 4.78 is 5.40. The van der Waals surface area contributed by atoms with Crippen molar-refractivity contribution in [2.75, 3.05) is 7.11 Å². The van der Waals surface area contributed by atoms with Gasteiger partial charge in [-0.05, 0) is 50.4 Å². The van der Waals surface area contributed by atoms with Crippen LogP contribution in [-0.2, 0) is 4.74 Å². The fraction of sp³-hybridized carbons (Fsp3) is 1.00. The Morgan fingerprint density at radius 1 is 1.00 bits per heavy atom. The van der Waals surface area contributed by atoms with Gasteiger partial charge in [0.15, 0.2) is 0 Å². The van der Waals surface area contributed by atoms with E-state index in [9.17, 15) is 5.11 Å². The molecule has 1 N–H and O–H groups in total. The van der Waals surface area contributed by atoms with Crippen molar-refractivity contribution < 1.29 is 9.84 Å². The zero-order valence-corrected chi connectivity index (χ0v) is 8.41. The fourth-order valence-corrected chi connectivity index (χ4v) is 3.04. The molecule has 0 bridgehead atoms. The average molecular weight is 184 g/mol. The largest absolute Gasteiger partial charge is 0.393 e. The van der Waals surface area contributed by atoms with Crippen LogP contribution in [0.1, 0.15) is 38.5 Å². The van der Waals surface area contributed by atoms with Crippen LogP contribution in [0, 0.1) is 11.8 Å². The minimum Gasteiger partial charge on any atom is -0.393 e. The standard InChI is InChI=1S/C11H20O2/c1-13-11-5-3-8-6-10(12)4-2-9(8)7-11/h8-12H,2-7H2,1H3/t8?,9?,10-,11-/m1/s1. The van der Waals surface area contributed by atoms with Gasteiger partial charge in [-0.3, -0.25) is 0 Å². The molecular weight excluding hydrogens is 164 g/mol. The molecule has 0 radical (unpaired) electrons. The number of fused-ring (bicyclic) bond motifs is 1. The summed E-state index contributed by atoms with van der Waals surface area (Å²) >= 11 is 0. The van der Waals surface area contributed by atoms with E-state index in [4.69, 9.17) is 4.74 Å². The maximum Gasteiger partial charge on any atom is 0.0574 e. The van der Waals surface area contributed by atoms with E-state index in [1.54, 1.807) is 0 Å². The van der Waals surface area contributed by atoms with E-state index in [0.29, 0.717) is 6.10 Å². The van der Waals surface area contributed by atoms with Crippen LogP contribution in [0.4, 0.5) is 0 Å². The summed E-state index contributed by atoms with van der Waals surface area (Å²) in [6, 6.07) is 0. The Bertz CT molecular complexity index is 169. The minimum absolute atomic E-state index is 0.0136. The predicted octanol–water partition coefficient (Wildman–Crippen LogP) is 1.96. The smallest absolute Gasteiger partial charge is 0.0574 e. The third-order valence-corrected chi connectivity index (χ3v) is 3.87. The van der Waals surface area contributed by atoms with Crippen molar-refractivity contribution in [1.82, 2.24) is 0 Å². The van der Waals surface area contributed by atoms with Crippen LogP contribution in [0.2, 0.25) is 0 Å². The predicted molar refractivity (Wildman–Crippen MR) is 51.5 cm³/mol. The Morgan fingerprint density at radius 2 is 1.69 bits per heavy atom. The SMILES string of the molecule is CO[C@@H]1CCC2C[C@H](O)CCC2C1. The lowest BCUT2D eigenvalue weighted by atomic mass is 9.69.